The van der Waals surface area contributed by atoms with Gasteiger partial charge in [-0.25, -0.2) is 13.2 Å². The molecular weight excluding hydrogens is 334 g/mol. The molecule has 0 aliphatic heterocycles. The van der Waals surface area contributed by atoms with Crippen LogP contribution in [0.25, 0.3) is 11.1 Å². The highest BCUT2D eigenvalue weighted by molar-refractivity contribution is 7.92. The van der Waals surface area contributed by atoms with Crippen LogP contribution in [0.3, 0.4) is 0 Å². The highest BCUT2D eigenvalue weighted by Crippen LogP contribution is 2.21. The van der Waals surface area contributed by atoms with Gasteiger partial charge in [0.2, 0.25) is 5.91 Å². The summed E-state index contributed by atoms with van der Waals surface area (Å²) in [6.45, 7) is 0. The Kier molecular flexibility index (Phi) is 3.64. The minimum Gasteiger partial charge on any atom is -0.408 e. The van der Waals surface area contributed by atoms with Gasteiger partial charge in [-0.1, -0.05) is 0 Å². The van der Waals surface area contributed by atoms with Gasteiger partial charge in [-0.2, -0.15) is 0 Å². The molecule has 2 aromatic carbocycles. The molecule has 0 saturated carbocycles. The third kappa shape index (κ3) is 2.76. The number of aromatic nitrogens is 1. The highest BCUT2D eigenvalue weighted by atomic mass is 32.2. The van der Waals surface area contributed by atoms with Crippen molar-refractivity contribution < 1.29 is 17.6 Å². The second kappa shape index (κ2) is 5.53. The lowest BCUT2D eigenvalue weighted by atomic mass is 10.2. The zero-order valence-corrected chi connectivity index (χ0v) is 13.3. The summed E-state index contributed by atoms with van der Waals surface area (Å²) in [5, 5.41) is 0. The van der Waals surface area contributed by atoms with E-state index in [4.69, 9.17) is 10.2 Å². The second-order valence-corrected chi connectivity index (χ2v) is 6.79. The number of fused-ring (bicyclic) bond motifs is 1. The Hall–Kier alpha value is -3.07. The fraction of sp³-hybridized carbons (Fsp3) is 0.0667. The molecule has 0 saturated heterocycles. The van der Waals surface area contributed by atoms with Gasteiger partial charge in [0.25, 0.3) is 10.0 Å². The van der Waals surface area contributed by atoms with Gasteiger partial charge in [0.15, 0.2) is 5.58 Å². The Morgan fingerprint density at radius 1 is 1.17 bits per heavy atom. The normalized spacial score (nSPS) is 11.5. The molecule has 1 heterocycles. The first kappa shape index (κ1) is 15.8. The maximum absolute atomic E-state index is 12.4. The first-order valence-electron chi connectivity index (χ1n) is 6.80. The molecule has 0 spiro atoms. The largest absolute Gasteiger partial charge is 0.419 e. The summed E-state index contributed by atoms with van der Waals surface area (Å²) in [4.78, 5) is 22.4. The quantitative estimate of drug-likeness (QED) is 0.729. The summed E-state index contributed by atoms with van der Waals surface area (Å²) in [7, 11) is -2.35. The minimum atomic E-state index is -3.88. The van der Waals surface area contributed by atoms with Gasteiger partial charge in [-0.15, -0.1) is 0 Å². The molecule has 0 atom stereocenters. The lowest BCUT2D eigenvalue weighted by Gasteiger charge is -2.08. The molecule has 9 heteroatoms. The van der Waals surface area contributed by atoms with Crippen molar-refractivity contribution in [1.29, 1.82) is 0 Å². The highest BCUT2D eigenvalue weighted by Gasteiger charge is 2.17. The van der Waals surface area contributed by atoms with Crippen LogP contribution in [0.1, 0.15) is 10.4 Å². The third-order valence-electron chi connectivity index (χ3n) is 3.50. The van der Waals surface area contributed by atoms with Gasteiger partial charge in [0, 0.05) is 24.4 Å². The predicted octanol–water partition coefficient (Wildman–Crippen LogP) is 1.03. The zero-order chi connectivity index (χ0) is 17.5. The van der Waals surface area contributed by atoms with Crippen molar-refractivity contribution >= 4 is 32.7 Å². The monoisotopic (exact) mass is 347 g/mol. The molecular formula is C15H13N3O5S. The predicted molar refractivity (Wildman–Crippen MR) is 87.2 cm³/mol. The van der Waals surface area contributed by atoms with Gasteiger partial charge in [0.1, 0.15) is 0 Å². The molecule has 0 aliphatic carbocycles. The van der Waals surface area contributed by atoms with Gasteiger partial charge in [-0.3, -0.25) is 14.1 Å². The van der Waals surface area contributed by atoms with Crippen molar-refractivity contribution in [2.45, 2.75) is 4.90 Å². The van der Waals surface area contributed by atoms with Crippen molar-refractivity contribution in [3.63, 3.8) is 0 Å². The maximum atomic E-state index is 12.4. The first-order chi connectivity index (χ1) is 11.3. The third-order valence-corrected chi connectivity index (χ3v) is 4.87. The van der Waals surface area contributed by atoms with E-state index in [2.05, 4.69) is 4.72 Å². The van der Waals surface area contributed by atoms with Crippen molar-refractivity contribution in [3.05, 3.63) is 58.6 Å². The van der Waals surface area contributed by atoms with Crippen LogP contribution in [0.2, 0.25) is 0 Å². The fourth-order valence-corrected chi connectivity index (χ4v) is 3.27. The number of hydrogen-bond donors (Lipinski definition) is 2. The SMILES string of the molecule is Cn1c(=O)oc2cc(S(=O)(=O)Nc3ccc(C(N)=O)cc3)ccc21. The number of anilines is 1. The Morgan fingerprint density at radius 2 is 1.83 bits per heavy atom. The van der Waals surface area contributed by atoms with E-state index in [0.717, 1.165) is 0 Å². The number of rotatable bonds is 4. The van der Waals surface area contributed by atoms with E-state index < -0.39 is 21.7 Å². The minimum absolute atomic E-state index is 0.0525. The van der Waals surface area contributed by atoms with E-state index >= 15 is 0 Å². The van der Waals surface area contributed by atoms with E-state index in [0.29, 0.717) is 5.52 Å². The molecule has 3 rings (SSSR count). The number of sulfonamides is 1. The van der Waals surface area contributed by atoms with Crippen molar-refractivity contribution in [2.75, 3.05) is 4.72 Å². The van der Waals surface area contributed by atoms with Crippen LogP contribution >= 0.6 is 0 Å². The van der Waals surface area contributed by atoms with Crippen LogP contribution < -0.4 is 16.2 Å². The zero-order valence-electron chi connectivity index (χ0n) is 12.5. The molecule has 0 bridgehead atoms. The van der Waals surface area contributed by atoms with Crippen molar-refractivity contribution in [3.8, 4) is 0 Å². The Bertz CT molecular complexity index is 1090. The number of hydrogen-bond acceptors (Lipinski definition) is 5. The number of carbonyl (C=O) groups is 1. The van der Waals surface area contributed by atoms with Crippen molar-refractivity contribution in [2.24, 2.45) is 12.8 Å². The number of aryl methyl sites for hydroxylation is 1. The number of carbonyl (C=O) groups excluding carboxylic acids is 1. The van der Waals surface area contributed by atoms with E-state index in [-0.39, 0.29) is 21.7 Å². The number of nitrogens with zero attached hydrogens (tertiary/aromatic N) is 1. The second-order valence-electron chi connectivity index (χ2n) is 5.10. The maximum Gasteiger partial charge on any atom is 0.419 e. The first-order valence-corrected chi connectivity index (χ1v) is 8.28. The number of oxazole rings is 1. The molecule has 8 nitrogen and oxygen atoms in total. The molecule has 1 aromatic heterocycles. The number of amides is 1. The van der Waals surface area contributed by atoms with Gasteiger partial charge in [-0.05, 0) is 36.4 Å². The van der Waals surface area contributed by atoms with E-state index in [9.17, 15) is 18.0 Å². The van der Waals surface area contributed by atoms with E-state index in [1.54, 1.807) is 0 Å². The summed E-state index contributed by atoms with van der Waals surface area (Å²) in [6.07, 6.45) is 0. The molecule has 3 aromatic rings. The molecule has 0 fully saturated rings. The Balaban J connectivity index is 1.95. The number of nitrogens with one attached hydrogen (secondary N) is 1. The van der Waals surface area contributed by atoms with Crippen LogP contribution in [-0.4, -0.2) is 18.9 Å². The molecule has 0 aliphatic rings. The lowest BCUT2D eigenvalue weighted by Crippen LogP contribution is -2.14. The van der Waals surface area contributed by atoms with Crippen LogP contribution in [0.5, 0.6) is 0 Å². The molecule has 0 unspecified atom stereocenters. The smallest absolute Gasteiger partial charge is 0.408 e. The van der Waals surface area contributed by atoms with E-state index in [1.165, 1.54) is 54.1 Å². The average Bonchev–Trinajstić information content (AvgIpc) is 2.82. The van der Waals surface area contributed by atoms with Crippen LogP contribution in [0, 0.1) is 0 Å². The summed E-state index contributed by atoms with van der Waals surface area (Å²) in [5.41, 5.74) is 6.34. The molecule has 3 N–H and O–H groups in total. The number of benzene rings is 2. The van der Waals surface area contributed by atoms with Crippen LogP contribution in [0.4, 0.5) is 5.69 Å². The average molecular weight is 347 g/mol. The van der Waals surface area contributed by atoms with E-state index in [1.807, 2.05) is 0 Å². The molecule has 1 amide bonds. The Morgan fingerprint density at radius 3 is 2.46 bits per heavy atom. The summed E-state index contributed by atoms with van der Waals surface area (Å²) in [5.74, 6) is -1.18. The molecule has 0 radical (unpaired) electrons. The summed E-state index contributed by atoms with van der Waals surface area (Å²) in [6, 6.07) is 9.83. The topological polar surface area (TPSA) is 124 Å². The Labute approximate surface area is 136 Å². The van der Waals surface area contributed by atoms with Gasteiger partial charge in [0.05, 0.1) is 10.4 Å². The lowest BCUT2D eigenvalue weighted by molar-refractivity contribution is 0.100. The van der Waals surface area contributed by atoms with Crippen LogP contribution in [-0.2, 0) is 17.1 Å². The molecule has 24 heavy (non-hydrogen) atoms. The number of primary amides is 1. The summed E-state index contributed by atoms with van der Waals surface area (Å²) < 4.78 is 33.5. The molecule has 124 valence electrons. The number of nitrogens with two attached hydrogens (primary N) is 1. The fourth-order valence-electron chi connectivity index (χ4n) is 2.20. The van der Waals surface area contributed by atoms with Gasteiger partial charge < -0.3 is 10.2 Å². The van der Waals surface area contributed by atoms with Crippen molar-refractivity contribution in [1.82, 2.24) is 4.57 Å². The van der Waals surface area contributed by atoms with Crippen LogP contribution in [0.15, 0.2) is 56.6 Å². The van der Waals surface area contributed by atoms with Gasteiger partial charge >= 0.3 is 5.76 Å². The standard InChI is InChI=1S/C15H13N3O5S/c1-18-12-7-6-11(8-13(12)23-15(18)20)24(21,22)17-10-4-2-9(3-5-10)14(16)19/h2-8,17H,1H3,(H2,16,19). The summed E-state index contributed by atoms with van der Waals surface area (Å²) >= 11 is 0.